The number of aromatic nitrogens is 1. The number of rotatable bonds is 4. The van der Waals surface area contributed by atoms with Crippen LogP contribution in [-0.2, 0) is 5.54 Å². The van der Waals surface area contributed by atoms with Gasteiger partial charge in [0.1, 0.15) is 5.54 Å². The molecule has 0 radical (unpaired) electrons. The maximum Gasteiger partial charge on any atom is 0.421 e. The van der Waals surface area contributed by atoms with E-state index >= 15 is 0 Å². The first-order chi connectivity index (χ1) is 14.7. The second kappa shape index (κ2) is 7.36. The van der Waals surface area contributed by atoms with E-state index in [2.05, 4.69) is 0 Å². The standard InChI is InChI=1S/C26H18ClNO2/c27-22-16-17-23-24(18-22)30-25(29)28(23)26(19-10-4-1-5-11-19,20-12-6-2-7-13-20)21-14-8-3-9-15-21/h1-18H. The fourth-order valence-corrected chi connectivity index (χ4v) is 4.40. The summed E-state index contributed by atoms with van der Waals surface area (Å²) in [4.78, 5) is 13.4. The second-order valence-electron chi connectivity index (χ2n) is 7.12. The molecule has 1 aromatic heterocycles. The summed E-state index contributed by atoms with van der Waals surface area (Å²) in [5, 5.41) is 0.521. The average molecular weight is 412 g/mol. The third-order valence-corrected chi connectivity index (χ3v) is 5.69. The van der Waals surface area contributed by atoms with E-state index < -0.39 is 11.3 Å². The molecular weight excluding hydrogens is 394 g/mol. The molecule has 0 N–H and O–H groups in total. The lowest BCUT2D eigenvalue weighted by molar-refractivity contribution is 0.441. The fourth-order valence-electron chi connectivity index (χ4n) is 4.24. The molecule has 3 nitrogen and oxygen atoms in total. The summed E-state index contributed by atoms with van der Waals surface area (Å²) in [5.74, 6) is -0.441. The van der Waals surface area contributed by atoms with Crippen molar-refractivity contribution in [2.24, 2.45) is 0 Å². The van der Waals surface area contributed by atoms with Gasteiger partial charge in [0.15, 0.2) is 5.58 Å². The average Bonchev–Trinajstić information content (AvgIpc) is 3.12. The van der Waals surface area contributed by atoms with Crippen LogP contribution in [0.3, 0.4) is 0 Å². The Labute approximate surface area is 178 Å². The van der Waals surface area contributed by atoms with Crippen LogP contribution in [-0.4, -0.2) is 4.57 Å². The van der Waals surface area contributed by atoms with Gasteiger partial charge < -0.3 is 4.42 Å². The molecule has 146 valence electrons. The van der Waals surface area contributed by atoms with Gasteiger partial charge in [-0.25, -0.2) is 4.79 Å². The topological polar surface area (TPSA) is 35.1 Å². The highest BCUT2D eigenvalue weighted by Gasteiger charge is 2.41. The van der Waals surface area contributed by atoms with E-state index in [1.54, 1.807) is 16.7 Å². The van der Waals surface area contributed by atoms with Crippen LogP contribution < -0.4 is 5.76 Å². The molecule has 1 heterocycles. The summed E-state index contributed by atoms with van der Waals surface area (Å²) >= 11 is 6.17. The van der Waals surface area contributed by atoms with E-state index in [0.29, 0.717) is 16.1 Å². The van der Waals surface area contributed by atoms with Gasteiger partial charge in [-0.2, -0.15) is 0 Å². The first kappa shape index (κ1) is 18.5. The first-order valence-corrected chi connectivity index (χ1v) is 10.1. The molecule has 4 aromatic carbocycles. The van der Waals surface area contributed by atoms with E-state index in [-0.39, 0.29) is 0 Å². The van der Waals surface area contributed by atoms with Gasteiger partial charge >= 0.3 is 5.76 Å². The van der Waals surface area contributed by atoms with Gasteiger partial charge in [0, 0.05) is 11.1 Å². The van der Waals surface area contributed by atoms with Gasteiger partial charge in [-0.05, 0) is 28.8 Å². The van der Waals surface area contributed by atoms with Gasteiger partial charge in [0.2, 0.25) is 0 Å². The number of benzene rings is 4. The summed E-state index contributed by atoms with van der Waals surface area (Å²) in [7, 11) is 0. The van der Waals surface area contributed by atoms with Crippen molar-refractivity contribution < 1.29 is 4.42 Å². The number of nitrogens with zero attached hydrogens (tertiary/aromatic N) is 1. The second-order valence-corrected chi connectivity index (χ2v) is 7.56. The molecule has 0 unspecified atom stereocenters. The Kier molecular flexibility index (Phi) is 4.53. The van der Waals surface area contributed by atoms with Crippen molar-refractivity contribution in [1.29, 1.82) is 0 Å². The number of hydrogen-bond acceptors (Lipinski definition) is 2. The summed E-state index contributed by atoms with van der Waals surface area (Å²) in [5.41, 5.74) is 3.10. The zero-order valence-corrected chi connectivity index (χ0v) is 16.8. The molecule has 0 bridgehead atoms. The minimum absolute atomic E-state index is 0.441. The Balaban J connectivity index is 2.01. The Bertz CT molecular complexity index is 1260. The third kappa shape index (κ3) is 2.78. The normalized spacial score (nSPS) is 11.6. The molecule has 30 heavy (non-hydrogen) atoms. The maximum absolute atomic E-state index is 13.4. The number of fused-ring (bicyclic) bond motifs is 1. The van der Waals surface area contributed by atoms with Crippen molar-refractivity contribution in [3.63, 3.8) is 0 Å². The highest BCUT2D eigenvalue weighted by molar-refractivity contribution is 6.31. The molecule has 5 rings (SSSR count). The zero-order chi connectivity index (χ0) is 20.6. The summed E-state index contributed by atoms with van der Waals surface area (Å²) < 4.78 is 7.41. The lowest BCUT2D eigenvalue weighted by atomic mass is 9.76. The van der Waals surface area contributed by atoms with Gasteiger partial charge in [0.05, 0.1) is 5.52 Å². The van der Waals surface area contributed by atoms with E-state index in [1.807, 2.05) is 97.1 Å². The molecule has 0 aliphatic carbocycles. The van der Waals surface area contributed by atoms with E-state index in [9.17, 15) is 4.79 Å². The highest BCUT2D eigenvalue weighted by Crippen LogP contribution is 2.41. The maximum atomic E-state index is 13.4. The van der Waals surface area contributed by atoms with E-state index in [0.717, 1.165) is 16.7 Å². The Hall–Kier alpha value is -3.56. The lowest BCUT2D eigenvalue weighted by Crippen LogP contribution is -2.42. The van der Waals surface area contributed by atoms with Crippen LogP contribution in [0, 0.1) is 0 Å². The van der Waals surface area contributed by atoms with Gasteiger partial charge in [-0.15, -0.1) is 0 Å². The molecule has 0 saturated carbocycles. The minimum atomic E-state index is -0.917. The van der Waals surface area contributed by atoms with Crippen molar-refractivity contribution in [1.82, 2.24) is 4.57 Å². The predicted molar refractivity (Wildman–Crippen MR) is 120 cm³/mol. The van der Waals surface area contributed by atoms with Crippen LogP contribution in [0.1, 0.15) is 16.7 Å². The molecule has 0 fully saturated rings. The van der Waals surface area contributed by atoms with Crippen molar-refractivity contribution in [2.75, 3.05) is 0 Å². The van der Waals surface area contributed by atoms with Crippen LogP contribution in [0.15, 0.2) is 118 Å². The monoisotopic (exact) mass is 411 g/mol. The summed E-state index contributed by atoms with van der Waals surface area (Å²) in [6, 6.07) is 35.4. The van der Waals surface area contributed by atoms with Crippen molar-refractivity contribution in [3.05, 3.63) is 141 Å². The number of oxazole rings is 1. The van der Waals surface area contributed by atoms with E-state index in [1.165, 1.54) is 0 Å². The molecule has 0 spiro atoms. The summed E-state index contributed by atoms with van der Waals surface area (Å²) in [6.07, 6.45) is 0. The van der Waals surface area contributed by atoms with Crippen LogP contribution in [0.2, 0.25) is 5.02 Å². The first-order valence-electron chi connectivity index (χ1n) is 9.69. The lowest BCUT2D eigenvalue weighted by Gasteiger charge is -2.36. The molecule has 0 aliphatic heterocycles. The smallest absolute Gasteiger partial charge is 0.408 e. The Morgan fingerprint density at radius 3 is 1.60 bits per heavy atom. The number of hydrogen-bond donors (Lipinski definition) is 0. The van der Waals surface area contributed by atoms with Crippen molar-refractivity contribution >= 4 is 22.7 Å². The molecule has 0 atom stereocenters. The fraction of sp³-hybridized carbons (Fsp3) is 0.0385. The van der Waals surface area contributed by atoms with Gasteiger partial charge in [-0.1, -0.05) is 103 Å². The number of halogens is 1. The Morgan fingerprint density at radius 1 is 0.667 bits per heavy atom. The largest absolute Gasteiger partial charge is 0.421 e. The van der Waals surface area contributed by atoms with Gasteiger partial charge in [0.25, 0.3) is 0 Å². The molecule has 5 aromatic rings. The molecule has 0 saturated heterocycles. The van der Waals surface area contributed by atoms with Crippen LogP contribution >= 0.6 is 11.6 Å². The van der Waals surface area contributed by atoms with Crippen LogP contribution in [0.25, 0.3) is 11.1 Å². The van der Waals surface area contributed by atoms with Crippen molar-refractivity contribution in [2.45, 2.75) is 5.54 Å². The Morgan fingerprint density at radius 2 is 1.13 bits per heavy atom. The van der Waals surface area contributed by atoms with Gasteiger partial charge in [-0.3, -0.25) is 4.57 Å². The van der Waals surface area contributed by atoms with Crippen molar-refractivity contribution in [3.8, 4) is 0 Å². The third-order valence-electron chi connectivity index (χ3n) is 5.45. The summed E-state index contributed by atoms with van der Waals surface area (Å²) in [6.45, 7) is 0. The molecule has 0 amide bonds. The molecule has 4 heteroatoms. The molecular formula is C26H18ClNO2. The molecule has 0 aliphatic rings. The predicted octanol–water partition coefficient (Wildman–Crippen LogP) is 6.09. The van der Waals surface area contributed by atoms with Crippen LogP contribution in [0.4, 0.5) is 0 Å². The highest BCUT2D eigenvalue weighted by atomic mass is 35.5. The van der Waals surface area contributed by atoms with Crippen LogP contribution in [0.5, 0.6) is 0 Å². The SMILES string of the molecule is O=c1oc2cc(Cl)ccc2n1C(c1ccccc1)(c1ccccc1)c1ccccc1. The zero-order valence-electron chi connectivity index (χ0n) is 16.0. The minimum Gasteiger partial charge on any atom is -0.408 e. The quantitative estimate of drug-likeness (QED) is 0.335. The van der Waals surface area contributed by atoms with E-state index in [4.69, 9.17) is 16.0 Å².